The molecule has 6 rings (SSSR count). The number of fused-ring (bicyclic) bond motifs is 3. The van der Waals surface area contributed by atoms with E-state index in [1.807, 2.05) is 18.2 Å². The zero-order valence-corrected chi connectivity index (χ0v) is 17.9. The summed E-state index contributed by atoms with van der Waals surface area (Å²) < 4.78 is 2.33. The van der Waals surface area contributed by atoms with Crippen LogP contribution in [-0.4, -0.2) is 50.7 Å². The van der Waals surface area contributed by atoms with E-state index in [-0.39, 0.29) is 35.7 Å². The highest BCUT2D eigenvalue weighted by atomic mass is 16.2. The maximum Gasteiger partial charge on any atom is 0.255 e. The predicted octanol–water partition coefficient (Wildman–Crippen LogP) is 1.08. The molecule has 1 saturated carbocycles. The Morgan fingerprint density at radius 1 is 1.09 bits per heavy atom. The average molecular weight is 434 g/mol. The van der Waals surface area contributed by atoms with E-state index < -0.39 is 6.04 Å². The smallest absolute Gasteiger partial charge is 0.255 e. The van der Waals surface area contributed by atoms with Crippen molar-refractivity contribution in [3.63, 3.8) is 0 Å². The van der Waals surface area contributed by atoms with E-state index >= 15 is 0 Å². The van der Waals surface area contributed by atoms with Crippen LogP contribution in [0.4, 0.5) is 0 Å². The molecular formula is C24H27N5O3. The number of piperidine rings is 1. The van der Waals surface area contributed by atoms with Gasteiger partial charge in [0.05, 0.1) is 5.54 Å². The molecule has 1 unspecified atom stereocenters. The number of amides is 3. The molecule has 2 aromatic rings. The number of nitrogens with one attached hydrogen (secondary N) is 1. The Kier molecular flexibility index (Phi) is 4.32. The molecule has 1 saturated heterocycles. The van der Waals surface area contributed by atoms with Crippen LogP contribution in [0, 0.1) is 0 Å². The van der Waals surface area contributed by atoms with Crippen LogP contribution < -0.4 is 11.1 Å². The molecule has 1 aliphatic carbocycles. The van der Waals surface area contributed by atoms with Crippen molar-refractivity contribution in [3.8, 4) is 0 Å². The van der Waals surface area contributed by atoms with Gasteiger partial charge in [-0.1, -0.05) is 18.2 Å². The Labute approximate surface area is 186 Å². The largest absolute Gasteiger partial charge is 0.348 e. The van der Waals surface area contributed by atoms with Gasteiger partial charge in [-0.05, 0) is 42.5 Å². The zero-order valence-electron chi connectivity index (χ0n) is 17.9. The molecule has 0 bridgehead atoms. The summed E-state index contributed by atoms with van der Waals surface area (Å²) in [5, 5.41) is 2.38. The monoisotopic (exact) mass is 433 g/mol. The lowest BCUT2D eigenvalue weighted by Gasteiger charge is -2.56. The second kappa shape index (κ2) is 7.02. The maximum atomic E-state index is 13.5. The normalized spacial score (nSPS) is 29.7. The fourth-order valence-electron chi connectivity index (χ4n) is 6.17. The number of hydrogen-bond donors (Lipinski definition) is 2. The molecule has 4 heterocycles. The number of rotatable bonds is 3. The molecule has 1 aromatic carbocycles. The summed E-state index contributed by atoms with van der Waals surface area (Å²) in [4.78, 5) is 41.5. The average Bonchev–Trinajstić information content (AvgIpc) is 3.35. The van der Waals surface area contributed by atoms with Crippen LogP contribution in [-0.2, 0) is 34.8 Å². The van der Waals surface area contributed by atoms with Crippen LogP contribution in [0.3, 0.4) is 0 Å². The molecule has 2 fully saturated rings. The van der Waals surface area contributed by atoms with Crippen molar-refractivity contribution in [3.05, 3.63) is 58.9 Å². The Morgan fingerprint density at radius 3 is 2.72 bits per heavy atom. The maximum absolute atomic E-state index is 13.5. The van der Waals surface area contributed by atoms with Crippen LogP contribution in [0.15, 0.2) is 36.5 Å². The highest BCUT2D eigenvalue weighted by Gasteiger charge is 2.51. The van der Waals surface area contributed by atoms with Crippen molar-refractivity contribution in [1.82, 2.24) is 19.7 Å². The summed E-state index contributed by atoms with van der Waals surface area (Å²) in [6.45, 7) is 2.91. The first-order valence-corrected chi connectivity index (χ1v) is 11.4. The van der Waals surface area contributed by atoms with Gasteiger partial charge in [0.1, 0.15) is 6.04 Å². The highest BCUT2D eigenvalue weighted by Crippen LogP contribution is 2.48. The standard InChI is InChI=1S/C24H27N5O3/c25-17-11-24(12-17)19-5-2-8-27(19)9-10-28(24)13-15-3-1-4-16-14-29(23(32)21(15)16)18-6-7-20(30)26-22(18)31/h1-5,8,17-18H,6-7,9-14,25H2,(H,26,30,31). The third-order valence-electron chi connectivity index (χ3n) is 7.72. The van der Waals surface area contributed by atoms with E-state index in [1.54, 1.807) is 4.90 Å². The lowest BCUT2D eigenvalue weighted by molar-refractivity contribution is -0.136. The first-order chi connectivity index (χ1) is 15.5. The fraction of sp³-hybridized carbons (Fsp3) is 0.458. The summed E-state index contributed by atoms with van der Waals surface area (Å²) >= 11 is 0. The molecule has 1 spiro atoms. The van der Waals surface area contributed by atoms with Crippen molar-refractivity contribution in [2.75, 3.05) is 6.54 Å². The number of nitrogens with two attached hydrogens (primary N) is 1. The van der Waals surface area contributed by atoms with Crippen molar-refractivity contribution >= 4 is 17.7 Å². The van der Waals surface area contributed by atoms with E-state index in [0.29, 0.717) is 19.5 Å². The summed E-state index contributed by atoms with van der Waals surface area (Å²) in [5.74, 6) is -0.747. The fourth-order valence-corrected chi connectivity index (χ4v) is 6.17. The van der Waals surface area contributed by atoms with Gasteiger partial charge in [-0.3, -0.25) is 24.6 Å². The lowest BCUT2D eigenvalue weighted by atomic mass is 9.68. The number of carbonyl (C=O) groups excluding carboxylic acids is 3. The van der Waals surface area contributed by atoms with Crippen LogP contribution in [0.25, 0.3) is 0 Å². The van der Waals surface area contributed by atoms with Crippen LogP contribution in [0.1, 0.15) is 52.9 Å². The number of hydrogen-bond acceptors (Lipinski definition) is 5. The first kappa shape index (κ1) is 19.7. The minimum absolute atomic E-state index is 0.0746. The minimum Gasteiger partial charge on any atom is -0.348 e. The van der Waals surface area contributed by atoms with Gasteiger partial charge in [-0.2, -0.15) is 0 Å². The Morgan fingerprint density at radius 2 is 1.94 bits per heavy atom. The summed E-state index contributed by atoms with van der Waals surface area (Å²) in [5.41, 5.74) is 10.2. The van der Waals surface area contributed by atoms with Crippen molar-refractivity contribution < 1.29 is 14.4 Å². The molecule has 0 radical (unpaired) electrons. The SMILES string of the molecule is NC1CC2(C1)c1cccn1CCN2Cc1cccc2c1C(=O)N(C1CCC(=O)NC1=O)C2. The molecular weight excluding hydrogens is 406 g/mol. The number of aromatic nitrogens is 1. The number of carbonyl (C=O) groups is 3. The van der Waals surface area contributed by atoms with E-state index in [9.17, 15) is 14.4 Å². The van der Waals surface area contributed by atoms with Gasteiger partial charge in [0.25, 0.3) is 5.91 Å². The molecule has 1 atom stereocenters. The van der Waals surface area contributed by atoms with Gasteiger partial charge in [-0.15, -0.1) is 0 Å². The first-order valence-electron chi connectivity index (χ1n) is 11.4. The van der Waals surface area contributed by atoms with Crippen molar-refractivity contribution in [2.45, 2.75) is 62.9 Å². The number of benzene rings is 1. The summed E-state index contributed by atoms with van der Waals surface area (Å²) in [7, 11) is 0. The van der Waals surface area contributed by atoms with Gasteiger partial charge in [0, 0.05) is 56.1 Å². The third kappa shape index (κ3) is 2.79. The lowest BCUT2D eigenvalue weighted by Crippen LogP contribution is -2.62. The van der Waals surface area contributed by atoms with E-state index in [0.717, 1.165) is 42.6 Å². The second-order valence-corrected chi connectivity index (χ2v) is 9.56. The molecule has 1 aromatic heterocycles. The minimum atomic E-state index is -0.588. The van der Waals surface area contributed by atoms with Crippen molar-refractivity contribution in [1.29, 1.82) is 0 Å². The second-order valence-electron chi connectivity index (χ2n) is 9.56. The van der Waals surface area contributed by atoms with Gasteiger partial charge in [0.2, 0.25) is 11.8 Å². The van der Waals surface area contributed by atoms with Gasteiger partial charge < -0.3 is 15.2 Å². The zero-order chi connectivity index (χ0) is 22.0. The molecule has 166 valence electrons. The Balaban J connectivity index is 1.29. The Hall–Kier alpha value is -2.97. The molecule has 3 amide bonds. The molecule has 3 N–H and O–H groups in total. The molecule has 8 heteroatoms. The van der Waals surface area contributed by atoms with Gasteiger partial charge in [0.15, 0.2) is 0 Å². The summed E-state index contributed by atoms with van der Waals surface area (Å²) in [6, 6.07) is 9.92. The molecule has 8 nitrogen and oxygen atoms in total. The van der Waals surface area contributed by atoms with Crippen LogP contribution in [0.5, 0.6) is 0 Å². The van der Waals surface area contributed by atoms with E-state index in [4.69, 9.17) is 5.73 Å². The highest BCUT2D eigenvalue weighted by molar-refractivity contribution is 6.06. The molecule has 4 aliphatic rings. The quantitative estimate of drug-likeness (QED) is 0.706. The predicted molar refractivity (Wildman–Crippen MR) is 116 cm³/mol. The van der Waals surface area contributed by atoms with E-state index in [2.05, 4.69) is 33.1 Å². The topological polar surface area (TPSA) is 101 Å². The van der Waals surface area contributed by atoms with Crippen LogP contribution >= 0.6 is 0 Å². The van der Waals surface area contributed by atoms with Gasteiger partial charge in [-0.25, -0.2) is 0 Å². The Bertz CT molecular complexity index is 1130. The van der Waals surface area contributed by atoms with E-state index in [1.165, 1.54) is 5.69 Å². The summed E-state index contributed by atoms with van der Waals surface area (Å²) in [6.07, 6.45) is 4.62. The molecule has 3 aliphatic heterocycles. The number of imide groups is 1. The van der Waals surface area contributed by atoms with Gasteiger partial charge >= 0.3 is 0 Å². The number of nitrogens with zero attached hydrogens (tertiary/aromatic N) is 3. The third-order valence-corrected chi connectivity index (χ3v) is 7.72. The molecule has 32 heavy (non-hydrogen) atoms. The van der Waals surface area contributed by atoms with Crippen molar-refractivity contribution in [2.24, 2.45) is 5.73 Å². The van der Waals surface area contributed by atoms with Crippen LogP contribution in [0.2, 0.25) is 0 Å².